The van der Waals surface area contributed by atoms with Crippen molar-refractivity contribution in [1.82, 2.24) is 13.9 Å². The third-order valence-corrected chi connectivity index (χ3v) is 6.38. The average molecular weight is 320 g/mol. The predicted molar refractivity (Wildman–Crippen MR) is 88.5 cm³/mol. The van der Waals surface area contributed by atoms with Gasteiger partial charge in [0.2, 0.25) is 0 Å². The molecule has 0 spiro atoms. The van der Waals surface area contributed by atoms with Gasteiger partial charge in [0.05, 0.1) is 0 Å². The van der Waals surface area contributed by atoms with Crippen LogP contribution in [0.4, 0.5) is 0 Å². The molecule has 0 aromatic rings. The largest absolute Gasteiger partial charge is 0.314 e. The van der Waals surface area contributed by atoms with E-state index in [4.69, 9.17) is 0 Å². The number of hydrogen-bond acceptors (Lipinski definition) is 3. The van der Waals surface area contributed by atoms with Crippen molar-refractivity contribution in [3.8, 4) is 0 Å². The lowest BCUT2D eigenvalue weighted by molar-refractivity contribution is 0.312. The van der Waals surface area contributed by atoms with Crippen molar-refractivity contribution in [2.24, 2.45) is 5.92 Å². The summed E-state index contributed by atoms with van der Waals surface area (Å²) in [5, 5.41) is 3.42. The van der Waals surface area contributed by atoms with Gasteiger partial charge >= 0.3 is 0 Å². The first-order valence-corrected chi connectivity index (χ1v) is 9.80. The monoisotopic (exact) mass is 319 g/mol. The highest BCUT2D eigenvalue weighted by Gasteiger charge is 2.27. The van der Waals surface area contributed by atoms with Crippen LogP contribution >= 0.6 is 0 Å². The van der Waals surface area contributed by atoms with Crippen molar-refractivity contribution in [3.63, 3.8) is 0 Å². The Bertz CT molecular complexity index is 378. The van der Waals surface area contributed by atoms with E-state index in [-0.39, 0.29) is 0 Å². The topological polar surface area (TPSA) is 52.7 Å². The van der Waals surface area contributed by atoms with Gasteiger partial charge < -0.3 is 5.32 Å². The number of nitrogens with zero attached hydrogens (tertiary/aromatic N) is 2. The van der Waals surface area contributed by atoms with Gasteiger partial charge in [-0.15, -0.1) is 0 Å². The molecule has 1 aliphatic rings. The van der Waals surface area contributed by atoms with E-state index in [1.165, 1.54) is 17.1 Å². The van der Waals surface area contributed by atoms with Crippen molar-refractivity contribution >= 4 is 10.2 Å². The van der Waals surface area contributed by atoms with Crippen LogP contribution in [0.15, 0.2) is 0 Å². The lowest BCUT2D eigenvalue weighted by atomic mass is 10.0. The molecular formula is C15H33N3O2S. The Morgan fingerprint density at radius 2 is 1.81 bits per heavy atom. The molecule has 0 atom stereocenters. The molecule has 126 valence electrons. The summed E-state index contributed by atoms with van der Waals surface area (Å²) in [4.78, 5) is 0. The van der Waals surface area contributed by atoms with Crippen LogP contribution in [0.2, 0.25) is 0 Å². The highest BCUT2D eigenvalue weighted by molar-refractivity contribution is 7.86. The minimum absolute atomic E-state index is 0.449. The Kier molecular flexibility index (Phi) is 8.16. The van der Waals surface area contributed by atoms with Crippen molar-refractivity contribution in [2.45, 2.75) is 58.9 Å². The fourth-order valence-corrected chi connectivity index (χ4v) is 3.91. The summed E-state index contributed by atoms with van der Waals surface area (Å²) in [6.07, 6.45) is 5.46. The van der Waals surface area contributed by atoms with Crippen LogP contribution in [0, 0.1) is 5.92 Å². The summed E-state index contributed by atoms with van der Waals surface area (Å²) in [6.45, 7) is 8.84. The molecule has 6 heteroatoms. The maximum Gasteiger partial charge on any atom is 0.281 e. The van der Waals surface area contributed by atoms with E-state index in [1.54, 1.807) is 11.4 Å². The molecule has 1 saturated carbocycles. The second kappa shape index (κ2) is 9.08. The van der Waals surface area contributed by atoms with Crippen molar-refractivity contribution < 1.29 is 8.42 Å². The summed E-state index contributed by atoms with van der Waals surface area (Å²) in [5.74, 6) is 0.449. The first kappa shape index (κ1) is 18.9. The molecule has 0 heterocycles. The van der Waals surface area contributed by atoms with Crippen LogP contribution in [0.25, 0.3) is 0 Å². The molecule has 0 aromatic heterocycles. The van der Waals surface area contributed by atoms with E-state index in [9.17, 15) is 8.42 Å². The van der Waals surface area contributed by atoms with Gasteiger partial charge in [0.25, 0.3) is 10.2 Å². The highest BCUT2D eigenvalue weighted by Crippen LogP contribution is 2.18. The normalized spacial score (nSPS) is 16.3. The van der Waals surface area contributed by atoms with Crippen LogP contribution in [0.3, 0.4) is 0 Å². The molecule has 0 aromatic carbocycles. The molecule has 0 amide bonds. The standard InChI is InChI=1S/C15H33N3O2S/c1-5-14(6-2)13-18(7-3)21(19,20)17(4)12-8-11-16-15-9-10-15/h14-16H,5-13H2,1-4H3. The lowest BCUT2D eigenvalue weighted by Gasteiger charge is -2.29. The molecule has 0 saturated heterocycles. The quantitative estimate of drug-likeness (QED) is 0.560. The zero-order chi connectivity index (χ0) is 15.9. The van der Waals surface area contributed by atoms with E-state index < -0.39 is 10.2 Å². The minimum atomic E-state index is -3.31. The zero-order valence-corrected chi connectivity index (χ0v) is 15.0. The van der Waals surface area contributed by atoms with E-state index >= 15 is 0 Å². The Hall–Kier alpha value is -0.170. The lowest BCUT2D eigenvalue weighted by Crippen LogP contribution is -2.44. The first-order valence-electron chi connectivity index (χ1n) is 8.40. The Labute approximate surface area is 131 Å². The smallest absolute Gasteiger partial charge is 0.281 e. The van der Waals surface area contributed by atoms with E-state index in [1.807, 2.05) is 6.92 Å². The molecular weight excluding hydrogens is 286 g/mol. The minimum Gasteiger partial charge on any atom is -0.314 e. The molecule has 0 radical (unpaired) electrons. The molecule has 1 aliphatic carbocycles. The summed E-state index contributed by atoms with van der Waals surface area (Å²) < 4.78 is 28.3. The molecule has 0 bridgehead atoms. The highest BCUT2D eigenvalue weighted by atomic mass is 32.2. The molecule has 0 aliphatic heterocycles. The third kappa shape index (κ3) is 6.22. The Balaban J connectivity index is 2.45. The van der Waals surface area contributed by atoms with Crippen LogP contribution in [-0.4, -0.2) is 56.3 Å². The third-order valence-electron chi connectivity index (χ3n) is 4.35. The Morgan fingerprint density at radius 3 is 2.29 bits per heavy atom. The van der Waals surface area contributed by atoms with Gasteiger partial charge in [-0.25, -0.2) is 0 Å². The summed E-state index contributed by atoms with van der Waals surface area (Å²) in [6, 6.07) is 0.689. The van der Waals surface area contributed by atoms with Gasteiger partial charge in [0.15, 0.2) is 0 Å². The van der Waals surface area contributed by atoms with Crippen LogP contribution in [0.5, 0.6) is 0 Å². The fourth-order valence-electron chi connectivity index (χ4n) is 2.43. The summed E-state index contributed by atoms with van der Waals surface area (Å²) in [5.41, 5.74) is 0. The summed E-state index contributed by atoms with van der Waals surface area (Å²) >= 11 is 0. The second-order valence-corrected chi connectivity index (χ2v) is 8.08. The summed E-state index contributed by atoms with van der Waals surface area (Å²) in [7, 11) is -1.62. The maximum atomic E-state index is 12.6. The fraction of sp³-hybridized carbons (Fsp3) is 1.00. The van der Waals surface area contributed by atoms with Gasteiger partial charge in [0, 0.05) is 32.7 Å². The van der Waals surface area contributed by atoms with Crippen LogP contribution < -0.4 is 5.32 Å². The van der Waals surface area contributed by atoms with Gasteiger partial charge in [-0.2, -0.15) is 17.0 Å². The number of rotatable bonds is 12. The zero-order valence-electron chi connectivity index (χ0n) is 14.1. The molecule has 1 N–H and O–H groups in total. The number of hydrogen-bond donors (Lipinski definition) is 1. The Morgan fingerprint density at radius 1 is 1.19 bits per heavy atom. The van der Waals surface area contributed by atoms with Crippen LogP contribution in [0.1, 0.15) is 52.9 Å². The van der Waals surface area contributed by atoms with Crippen molar-refractivity contribution in [3.05, 3.63) is 0 Å². The predicted octanol–water partition coefficient (Wildman–Crippen LogP) is 2.06. The van der Waals surface area contributed by atoms with Crippen LogP contribution in [-0.2, 0) is 10.2 Å². The van der Waals surface area contributed by atoms with E-state index in [2.05, 4.69) is 19.2 Å². The van der Waals surface area contributed by atoms with E-state index in [0.29, 0.717) is 31.6 Å². The van der Waals surface area contributed by atoms with Gasteiger partial charge in [0.1, 0.15) is 0 Å². The number of nitrogens with one attached hydrogen (secondary N) is 1. The van der Waals surface area contributed by atoms with Crippen molar-refractivity contribution in [2.75, 3.05) is 33.2 Å². The van der Waals surface area contributed by atoms with Gasteiger partial charge in [-0.1, -0.05) is 33.6 Å². The van der Waals surface area contributed by atoms with Gasteiger partial charge in [-0.3, -0.25) is 0 Å². The van der Waals surface area contributed by atoms with Gasteiger partial charge in [-0.05, 0) is 31.7 Å². The van der Waals surface area contributed by atoms with E-state index in [0.717, 1.165) is 25.8 Å². The SMILES string of the molecule is CCC(CC)CN(CC)S(=O)(=O)N(C)CCCNC1CC1. The molecule has 0 unspecified atom stereocenters. The maximum absolute atomic E-state index is 12.6. The average Bonchev–Trinajstić information content (AvgIpc) is 3.28. The molecule has 1 rings (SSSR count). The first-order chi connectivity index (χ1) is 9.95. The molecule has 5 nitrogen and oxygen atoms in total. The molecule has 21 heavy (non-hydrogen) atoms. The molecule has 1 fully saturated rings. The second-order valence-electron chi connectivity index (χ2n) is 6.04. The van der Waals surface area contributed by atoms with Crippen molar-refractivity contribution in [1.29, 1.82) is 0 Å².